The molecule has 142 valence electrons. The number of nitrogens with one attached hydrogen (secondary N) is 1. The van der Waals surface area contributed by atoms with Gasteiger partial charge in [0.05, 0.1) is 17.1 Å². The van der Waals surface area contributed by atoms with Crippen LogP contribution in [0.1, 0.15) is 12.5 Å². The van der Waals surface area contributed by atoms with Crippen molar-refractivity contribution in [3.8, 4) is 22.5 Å². The van der Waals surface area contributed by atoms with E-state index in [1.807, 2.05) is 73.7 Å². The second kappa shape index (κ2) is 8.44. The van der Waals surface area contributed by atoms with Gasteiger partial charge in [-0.1, -0.05) is 60.7 Å². The molecule has 0 aliphatic heterocycles. The minimum atomic E-state index is -0.285. The van der Waals surface area contributed by atoms with E-state index in [-0.39, 0.29) is 5.82 Å². The number of anilines is 1. The van der Waals surface area contributed by atoms with E-state index in [1.165, 1.54) is 12.1 Å². The molecule has 0 unspecified atom stereocenters. The molecule has 0 radical (unpaired) electrons. The summed E-state index contributed by atoms with van der Waals surface area (Å²) in [5.41, 5.74) is 8.01. The second-order valence-electron chi connectivity index (χ2n) is 6.51. The first-order chi connectivity index (χ1) is 14.2. The SMILES string of the molecule is CC(=NNc1nc(-c2ccccc2)cc(-c2ccc(F)cc2)n1)c1ccccc1. The molecule has 1 N–H and O–H groups in total. The zero-order valence-electron chi connectivity index (χ0n) is 15.9. The van der Waals surface area contributed by atoms with E-state index in [9.17, 15) is 4.39 Å². The van der Waals surface area contributed by atoms with Crippen LogP contribution in [0.15, 0.2) is 96.1 Å². The van der Waals surface area contributed by atoms with Crippen LogP contribution in [0, 0.1) is 5.82 Å². The molecule has 0 saturated carbocycles. The smallest absolute Gasteiger partial charge is 0.244 e. The molecule has 0 aliphatic carbocycles. The van der Waals surface area contributed by atoms with Crippen LogP contribution in [0.2, 0.25) is 0 Å². The van der Waals surface area contributed by atoms with Crippen molar-refractivity contribution in [3.05, 3.63) is 102 Å². The van der Waals surface area contributed by atoms with Crippen molar-refractivity contribution in [3.63, 3.8) is 0 Å². The number of rotatable bonds is 5. The molecule has 1 aromatic heterocycles. The van der Waals surface area contributed by atoms with Crippen LogP contribution in [0.4, 0.5) is 10.3 Å². The van der Waals surface area contributed by atoms with Crippen LogP contribution in [0.25, 0.3) is 22.5 Å². The number of aromatic nitrogens is 2. The summed E-state index contributed by atoms with van der Waals surface area (Å²) >= 11 is 0. The minimum Gasteiger partial charge on any atom is -0.245 e. The first kappa shape index (κ1) is 18.5. The van der Waals surface area contributed by atoms with Crippen LogP contribution in [-0.2, 0) is 0 Å². The first-order valence-corrected chi connectivity index (χ1v) is 9.25. The Hall–Kier alpha value is -3.86. The number of hydrogen-bond donors (Lipinski definition) is 1. The summed E-state index contributed by atoms with van der Waals surface area (Å²) in [6.07, 6.45) is 0. The van der Waals surface area contributed by atoms with E-state index in [0.717, 1.165) is 28.1 Å². The third kappa shape index (κ3) is 4.52. The van der Waals surface area contributed by atoms with Crippen LogP contribution in [0.3, 0.4) is 0 Å². The van der Waals surface area contributed by atoms with Crippen molar-refractivity contribution in [2.45, 2.75) is 6.92 Å². The largest absolute Gasteiger partial charge is 0.245 e. The topological polar surface area (TPSA) is 50.2 Å². The molecule has 5 heteroatoms. The third-order valence-corrected chi connectivity index (χ3v) is 4.45. The monoisotopic (exact) mass is 382 g/mol. The number of nitrogens with zero attached hydrogens (tertiary/aromatic N) is 3. The Balaban J connectivity index is 1.72. The number of hydrazone groups is 1. The van der Waals surface area contributed by atoms with Crippen molar-refractivity contribution in [2.75, 3.05) is 5.43 Å². The zero-order valence-corrected chi connectivity index (χ0v) is 15.9. The molecule has 0 spiro atoms. The quantitative estimate of drug-likeness (QED) is 0.351. The van der Waals surface area contributed by atoms with Gasteiger partial charge >= 0.3 is 0 Å². The summed E-state index contributed by atoms with van der Waals surface area (Å²) in [4.78, 5) is 9.18. The highest BCUT2D eigenvalue weighted by Crippen LogP contribution is 2.25. The molecule has 4 nitrogen and oxygen atoms in total. The van der Waals surface area contributed by atoms with Gasteiger partial charge in [0.25, 0.3) is 0 Å². The normalized spacial score (nSPS) is 11.3. The van der Waals surface area contributed by atoms with Gasteiger partial charge in [-0.15, -0.1) is 0 Å². The molecule has 0 atom stereocenters. The first-order valence-electron chi connectivity index (χ1n) is 9.25. The lowest BCUT2D eigenvalue weighted by atomic mass is 10.1. The molecular weight excluding hydrogens is 363 g/mol. The highest BCUT2D eigenvalue weighted by molar-refractivity contribution is 5.98. The van der Waals surface area contributed by atoms with E-state index < -0.39 is 0 Å². The fourth-order valence-electron chi connectivity index (χ4n) is 2.90. The minimum absolute atomic E-state index is 0.285. The summed E-state index contributed by atoms with van der Waals surface area (Å²) in [7, 11) is 0. The summed E-state index contributed by atoms with van der Waals surface area (Å²) < 4.78 is 13.3. The zero-order chi connectivity index (χ0) is 20.1. The maximum Gasteiger partial charge on any atom is 0.244 e. The number of hydrogen-bond acceptors (Lipinski definition) is 4. The Morgan fingerprint density at radius 2 is 1.31 bits per heavy atom. The summed E-state index contributed by atoms with van der Waals surface area (Å²) in [6.45, 7) is 1.92. The summed E-state index contributed by atoms with van der Waals surface area (Å²) in [5.74, 6) is 0.0912. The van der Waals surface area contributed by atoms with Gasteiger partial charge in [-0.25, -0.2) is 19.8 Å². The van der Waals surface area contributed by atoms with Crippen LogP contribution in [0.5, 0.6) is 0 Å². The summed E-state index contributed by atoms with van der Waals surface area (Å²) in [6, 6.07) is 27.9. The lowest BCUT2D eigenvalue weighted by Crippen LogP contribution is -2.03. The Kier molecular flexibility index (Phi) is 5.38. The van der Waals surface area contributed by atoms with Gasteiger partial charge in [-0.3, -0.25) is 0 Å². The molecule has 0 bridgehead atoms. The maximum absolute atomic E-state index is 13.3. The predicted molar refractivity (Wildman–Crippen MR) is 115 cm³/mol. The van der Waals surface area contributed by atoms with Gasteiger partial charge < -0.3 is 0 Å². The van der Waals surface area contributed by atoms with Gasteiger partial charge in [0.2, 0.25) is 5.95 Å². The van der Waals surface area contributed by atoms with Gasteiger partial charge in [-0.2, -0.15) is 5.10 Å². The maximum atomic E-state index is 13.3. The highest BCUT2D eigenvalue weighted by Gasteiger charge is 2.09. The van der Waals surface area contributed by atoms with Crippen molar-refractivity contribution in [1.82, 2.24) is 9.97 Å². The van der Waals surface area contributed by atoms with E-state index in [0.29, 0.717) is 11.6 Å². The Bertz CT molecular complexity index is 1120. The molecule has 3 aromatic carbocycles. The molecule has 0 amide bonds. The van der Waals surface area contributed by atoms with Crippen molar-refractivity contribution in [2.24, 2.45) is 5.10 Å². The molecule has 29 heavy (non-hydrogen) atoms. The van der Waals surface area contributed by atoms with E-state index in [2.05, 4.69) is 20.5 Å². The fraction of sp³-hybridized carbons (Fsp3) is 0.0417. The highest BCUT2D eigenvalue weighted by atomic mass is 19.1. The molecule has 0 saturated heterocycles. The standard InChI is InChI=1S/C24H19FN4/c1-17(18-8-4-2-5-9-18)28-29-24-26-22(19-10-6-3-7-11-19)16-23(27-24)20-12-14-21(25)15-13-20/h2-16H,1H3,(H,26,27,29). The molecule has 0 aliphatic rings. The molecule has 1 heterocycles. The lowest BCUT2D eigenvalue weighted by Gasteiger charge is -2.09. The average molecular weight is 382 g/mol. The van der Waals surface area contributed by atoms with Crippen molar-refractivity contribution < 1.29 is 4.39 Å². The Morgan fingerprint density at radius 3 is 1.93 bits per heavy atom. The molecule has 4 aromatic rings. The van der Waals surface area contributed by atoms with E-state index in [4.69, 9.17) is 0 Å². The molecule has 0 fully saturated rings. The average Bonchev–Trinajstić information content (AvgIpc) is 2.79. The number of benzene rings is 3. The fourth-order valence-corrected chi connectivity index (χ4v) is 2.90. The summed E-state index contributed by atoms with van der Waals surface area (Å²) in [5, 5.41) is 4.43. The van der Waals surface area contributed by atoms with Crippen LogP contribution < -0.4 is 5.43 Å². The Labute approximate surface area is 168 Å². The predicted octanol–water partition coefficient (Wildman–Crippen LogP) is 5.79. The second-order valence-corrected chi connectivity index (χ2v) is 6.51. The van der Waals surface area contributed by atoms with E-state index >= 15 is 0 Å². The van der Waals surface area contributed by atoms with Crippen molar-refractivity contribution in [1.29, 1.82) is 0 Å². The van der Waals surface area contributed by atoms with Crippen molar-refractivity contribution >= 4 is 11.7 Å². The third-order valence-electron chi connectivity index (χ3n) is 4.45. The van der Waals surface area contributed by atoms with E-state index in [1.54, 1.807) is 12.1 Å². The van der Waals surface area contributed by atoms with Gasteiger partial charge in [0.1, 0.15) is 5.82 Å². The van der Waals surface area contributed by atoms with Gasteiger partial charge in [-0.05, 0) is 42.8 Å². The van der Waals surface area contributed by atoms with Crippen LogP contribution in [-0.4, -0.2) is 15.7 Å². The van der Waals surface area contributed by atoms with Crippen LogP contribution >= 0.6 is 0 Å². The van der Waals surface area contributed by atoms with Gasteiger partial charge in [0, 0.05) is 11.1 Å². The molecule has 4 rings (SSSR count). The van der Waals surface area contributed by atoms with Gasteiger partial charge in [0.15, 0.2) is 0 Å². The molecular formula is C24H19FN4. The lowest BCUT2D eigenvalue weighted by molar-refractivity contribution is 0.628. The Morgan fingerprint density at radius 1 is 0.759 bits per heavy atom. The number of halogens is 1.